The van der Waals surface area contributed by atoms with E-state index in [0.717, 1.165) is 44.1 Å². The van der Waals surface area contributed by atoms with Crippen molar-refractivity contribution >= 4 is 34.3 Å². The van der Waals surface area contributed by atoms with Crippen LogP contribution in [0.1, 0.15) is 74.2 Å². The maximum Gasteiger partial charge on any atom is 0.269 e. The third-order valence-corrected chi connectivity index (χ3v) is 7.82. The molecule has 1 amide bonds. The highest BCUT2D eigenvalue weighted by Crippen LogP contribution is 2.25. The summed E-state index contributed by atoms with van der Waals surface area (Å²) in [6.07, 6.45) is 10.7. The summed E-state index contributed by atoms with van der Waals surface area (Å²) in [5, 5.41) is 15.2. The molecule has 0 saturated heterocycles. The molecule has 0 unspecified atom stereocenters. The molecule has 0 spiro atoms. The molecule has 9 heteroatoms. The van der Waals surface area contributed by atoms with Crippen LogP contribution in [0.3, 0.4) is 0 Å². The van der Waals surface area contributed by atoms with Crippen molar-refractivity contribution in [1.82, 2.24) is 14.9 Å². The molecule has 2 aromatic carbocycles. The predicted molar refractivity (Wildman–Crippen MR) is 152 cm³/mol. The van der Waals surface area contributed by atoms with Crippen molar-refractivity contribution < 1.29 is 9.72 Å². The molecule has 1 heterocycles. The van der Waals surface area contributed by atoms with E-state index in [2.05, 4.69) is 18.3 Å². The molecule has 38 heavy (non-hydrogen) atoms. The van der Waals surface area contributed by atoms with Gasteiger partial charge in [0.2, 0.25) is 0 Å². The molecule has 0 aliphatic heterocycles. The number of nitrogens with one attached hydrogen (secondary N) is 1. The first-order chi connectivity index (χ1) is 18.5. The number of rotatable bonds is 12. The van der Waals surface area contributed by atoms with E-state index >= 15 is 0 Å². The van der Waals surface area contributed by atoms with Crippen LogP contribution in [-0.2, 0) is 12.3 Å². The molecule has 1 N–H and O–H groups in total. The fraction of sp³-hybridized carbons (Fsp3) is 0.414. The number of nitrogens with zero attached hydrogens (tertiary/aromatic N) is 3. The van der Waals surface area contributed by atoms with Crippen LogP contribution in [0.4, 0.5) is 5.69 Å². The summed E-state index contributed by atoms with van der Waals surface area (Å²) >= 11 is 1.37. The summed E-state index contributed by atoms with van der Waals surface area (Å²) in [7, 11) is 0. The zero-order valence-corrected chi connectivity index (χ0v) is 22.6. The van der Waals surface area contributed by atoms with Crippen LogP contribution < -0.4 is 10.9 Å². The Kier molecular flexibility index (Phi) is 9.70. The lowest BCUT2D eigenvalue weighted by atomic mass is 9.97. The van der Waals surface area contributed by atoms with Crippen LogP contribution in [0.25, 0.3) is 10.9 Å². The van der Waals surface area contributed by atoms with Gasteiger partial charge in [0.05, 0.1) is 15.8 Å². The number of hydrogen-bond acceptors (Lipinski definition) is 6. The SMILES string of the molecule is CCCCCn1c(SCc2cccc([N+](=O)[O-])c2)nc2cc(C(=O)NCCC3=CCCCC3)ccc2c1=O. The van der Waals surface area contributed by atoms with Crippen LogP contribution in [0.5, 0.6) is 0 Å². The van der Waals surface area contributed by atoms with Crippen molar-refractivity contribution in [3.05, 3.63) is 85.7 Å². The first-order valence-corrected chi connectivity index (χ1v) is 14.3. The number of fused-ring (bicyclic) bond motifs is 1. The number of amides is 1. The highest BCUT2D eigenvalue weighted by atomic mass is 32.2. The van der Waals surface area contributed by atoms with Gasteiger partial charge < -0.3 is 5.32 Å². The van der Waals surface area contributed by atoms with E-state index < -0.39 is 4.92 Å². The summed E-state index contributed by atoms with van der Waals surface area (Å²) < 4.78 is 1.69. The summed E-state index contributed by atoms with van der Waals surface area (Å²) in [5.74, 6) is 0.256. The molecule has 1 aliphatic rings. The smallest absolute Gasteiger partial charge is 0.269 e. The van der Waals surface area contributed by atoms with Crippen molar-refractivity contribution in [2.45, 2.75) is 75.7 Å². The van der Waals surface area contributed by atoms with Gasteiger partial charge in [-0.25, -0.2) is 4.98 Å². The highest BCUT2D eigenvalue weighted by Gasteiger charge is 2.15. The number of hydrogen-bond donors (Lipinski definition) is 1. The number of unbranched alkanes of at least 4 members (excludes halogenated alkanes) is 2. The number of aromatic nitrogens is 2. The van der Waals surface area contributed by atoms with E-state index in [1.165, 1.54) is 36.2 Å². The highest BCUT2D eigenvalue weighted by molar-refractivity contribution is 7.98. The summed E-state index contributed by atoms with van der Waals surface area (Å²) in [4.78, 5) is 41.8. The van der Waals surface area contributed by atoms with Gasteiger partial charge >= 0.3 is 0 Å². The van der Waals surface area contributed by atoms with Crippen molar-refractivity contribution in [1.29, 1.82) is 0 Å². The Morgan fingerprint density at radius 1 is 1.18 bits per heavy atom. The minimum Gasteiger partial charge on any atom is -0.352 e. The second-order valence-electron chi connectivity index (χ2n) is 9.62. The number of nitro groups is 1. The lowest BCUT2D eigenvalue weighted by molar-refractivity contribution is -0.384. The Morgan fingerprint density at radius 3 is 2.82 bits per heavy atom. The van der Waals surface area contributed by atoms with Crippen molar-refractivity contribution in [2.75, 3.05) is 6.54 Å². The predicted octanol–water partition coefficient (Wildman–Crippen LogP) is 6.41. The third kappa shape index (κ3) is 7.10. The molecule has 3 aromatic rings. The average molecular weight is 535 g/mol. The van der Waals surface area contributed by atoms with E-state index in [0.29, 0.717) is 40.5 Å². The topological polar surface area (TPSA) is 107 Å². The van der Waals surface area contributed by atoms with E-state index in [1.54, 1.807) is 34.9 Å². The molecule has 0 fully saturated rings. The van der Waals surface area contributed by atoms with Crippen molar-refractivity contribution in [3.63, 3.8) is 0 Å². The van der Waals surface area contributed by atoms with E-state index in [-0.39, 0.29) is 17.2 Å². The summed E-state index contributed by atoms with van der Waals surface area (Å²) in [6, 6.07) is 11.5. The second kappa shape index (κ2) is 13.4. The minimum absolute atomic E-state index is 0.0327. The molecule has 0 saturated carbocycles. The number of carbonyl (C=O) groups is 1. The second-order valence-corrected chi connectivity index (χ2v) is 10.6. The monoisotopic (exact) mass is 534 g/mol. The Labute approximate surface area is 226 Å². The molecular weight excluding hydrogens is 500 g/mol. The maximum atomic E-state index is 13.4. The molecule has 0 bridgehead atoms. The summed E-state index contributed by atoms with van der Waals surface area (Å²) in [5.41, 5.74) is 3.03. The normalized spacial score (nSPS) is 13.3. The van der Waals surface area contributed by atoms with Gasteiger partial charge in [0.15, 0.2) is 5.16 Å². The number of thioether (sulfide) groups is 1. The van der Waals surface area contributed by atoms with E-state index in [4.69, 9.17) is 4.98 Å². The number of nitro benzene ring substituents is 1. The Balaban J connectivity index is 1.56. The zero-order chi connectivity index (χ0) is 26.9. The molecule has 0 atom stereocenters. The Morgan fingerprint density at radius 2 is 2.05 bits per heavy atom. The molecule has 1 aromatic heterocycles. The van der Waals surface area contributed by atoms with Crippen LogP contribution in [0.2, 0.25) is 0 Å². The average Bonchev–Trinajstić information content (AvgIpc) is 2.93. The van der Waals surface area contributed by atoms with E-state index in [9.17, 15) is 19.7 Å². The van der Waals surface area contributed by atoms with Gasteiger partial charge in [0.25, 0.3) is 17.2 Å². The fourth-order valence-corrected chi connectivity index (χ4v) is 5.62. The third-order valence-electron chi connectivity index (χ3n) is 6.77. The van der Waals surface area contributed by atoms with Gasteiger partial charge in [-0.15, -0.1) is 0 Å². The maximum absolute atomic E-state index is 13.4. The summed E-state index contributed by atoms with van der Waals surface area (Å²) in [6.45, 7) is 3.24. The van der Waals surface area contributed by atoms with Gasteiger partial charge in [-0.3, -0.25) is 24.3 Å². The van der Waals surface area contributed by atoms with Crippen LogP contribution in [0, 0.1) is 10.1 Å². The van der Waals surface area contributed by atoms with Crippen LogP contribution >= 0.6 is 11.8 Å². The Hall–Kier alpha value is -3.46. The lowest BCUT2D eigenvalue weighted by Gasteiger charge is -2.14. The van der Waals surface area contributed by atoms with Gasteiger partial charge in [-0.2, -0.15) is 0 Å². The lowest BCUT2D eigenvalue weighted by Crippen LogP contribution is -2.26. The van der Waals surface area contributed by atoms with E-state index in [1.807, 2.05) is 6.07 Å². The minimum atomic E-state index is -0.415. The Bertz CT molecular complexity index is 1400. The zero-order valence-electron chi connectivity index (χ0n) is 21.8. The molecular formula is C29H34N4O4S. The number of non-ortho nitro benzene ring substituents is 1. The van der Waals surface area contributed by atoms with Crippen molar-refractivity contribution in [3.8, 4) is 0 Å². The fourth-order valence-electron chi connectivity index (χ4n) is 4.65. The van der Waals surface area contributed by atoms with Gasteiger partial charge in [0.1, 0.15) is 0 Å². The number of carbonyl (C=O) groups excluding carboxylic acids is 1. The molecule has 200 valence electrons. The first kappa shape index (κ1) is 27.6. The van der Waals surface area contributed by atoms with Gasteiger partial charge in [-0.1, -0.05) is 55.3 Å². The van der Waals surface area contributed by atoms with Crippen LogP contribution in [-0.4, -0.2) is 26.9 Å². The largest absolute Gasteiger partial charge is 0.352 e. The number of allylic oxidation sites excluding steroid dienone is 1. The molecule has 8 nitrogen and oxygen atoms in total. The molecule has 4 rings (SSSR count). The molecule has 0 radical (unpaired) electrons. The molecule has 1 aliphatic carbocycles. The van der Waals surface area contributed by atoms with Gasteiger partial charge in [-0.05, 0) is 62.3 Å². The quantitative estimate of drug-likeness (QED) is 0.0719. The first-order valence-electron chi connectivity index (χ1n) is 13.3. The van der Waals surface area contributed by atoms with Crippen molar-refractivity contribution in [2.24, 2.45) is 0 Å². The number of benzene rings is 2. The standard InChI is InChI=1S/C29H34N4O4S/c1-2-3-7-17-32-28(35)25-14-13-23(27(34)30-16-15-21-9-5-4-6-10-21)19-26(25)31-29(32)38-20-22-11-8-12-24(18-22)33(36)37/h8-9,11-14,18-19H,2-7,10,15-17,20H2,1H3,(H,30,34). The van der Waals surface area contributed by atoms with Crippen LogP contribution in [0.15, 0.2) is 64.1 Å². The van der Waals surface area contributed by atoms with Gasteiger partial charge in [0, 0.05) is 36.5 Å².